The van der Waals surface area contributed by atoms with Crippen LogP contribution in [0.15, 0.2) is 29.6 Å². The van der Waals surface area contributed by atoms with Gasteiger partial charge in [-0.3, -0.25) is 9.59 Å². The van der Waals surface area contributed by atoms with Gasteiger partial charge in [0, 0.05) is 45.3 Å². The largest absolute Gasteiger partial charge is 0.369 e. The van der Waals surface area contributed by atoms with Crippen molar-refractivity contribution in [2.45, 2.75) is 37.6 Å². The van der Waals surface area contributed by atoms with Gasteiger partial charge in [-0.05, 0) is 44.7 Å². The monoisotopic (exact) mass is 489 g/mol. The molecule has 0 aromatic carbocycles. The molecular formula is C22H31N7O4S. The molecule has 0 saturated carbocycles. The van der Waals surface area contributed by atoms with Gasteiger partial charge in [-0.2, -0.15) is 4.31 Å². The molecule has 0 aliphatic carbocycles. The lowest BCUT2D eigenvalue weighted by Crippen LogP contribution is -2.41. The Kier molecular flexibility index (Phi) is 6.89. The molecule has 12 heteroatoms. The summed E-state index contributed by atoms with van der Waals surface area (Å²) < 4.78 is 28.8. The summed E-state index contributed by atoms with van der Waals surface area (Å²) >= 11 is 0. The number of pyridine rings is 1. The fourth-order valence-corrected chi connectivity index (χ4v) is 5.94. The number of anilines is 2. The number of sulfonamides is 1. The van der Waals surface area contributed by atoms with Crippen LogP contribution in [0.4, 0.5) is 11.5 Å². The third kappa shape index (κ3) is 5.07. The molecule has 0 bridgehead atoms. The number of imidazole rings is 1. The van der Waals surface area contributed by atoms with Crippen molar-refractivity contribution in [3.05, 3.63) is 30.4 Å². The van der Waals surface area contributed by atoms with E-state index in [1.54, 1.807) is 30.8 Å². The molecule has 2 aromatic rings. The predicted octanol–water partition coefficient (Wildman–Crippen LogP) is 0.865. The second-order valence-corrected chi connectivity index (χ2v) is 10.9. The number of rotatable bonds is 6. The maximum Gasteiger partial charge on any atom is 0.262 e. The number of nitrogens with zero attached hydrogens (tertiary/aromatic N) is 5. The topological polar surface area (TPSA) is 144 Å². The first kappa shape index (κ1) is 24.1. The number of carbonyl (C=O) groups is 2. The summed E-state index contributed by atoms with van der Waals surface area (Å²) in [5.74, 6) is 0.476. The number of amides is 2. The first-order valence-electron chi connectivity index (χ1n) is 11.5. The van der Waals surface area contributed by atoms with Gasteiger partial charge in [0.2, 0.25) is 11.8 Å². The van der Waals surface area contributed by atoms with Gasteiger partial charge in [0.1, 0.15) is 11.6 Å². The molecular weight excluding hydrogens is 458 g/mol. The van der Waals surface area contributed by atoms with Crippen molar-refractivity contribution in [1.29, 1.82) is 0 Å². The Hall–Kier alpha value is -2.99. The van der Waals surface area contributed by atoms with E-state index in [9.17, 15) is 18.0 Å². The van der Waals surface area contributed by atoms with E-state index < -0.39 is 10.0 Å². The van der Waals surface area contributed by atoms with Gasteiger partial charge >= 0.3 is 0 Å². The van der Waals surface area contributed by atoms with Crippen molar-refractivity contribution in [1.82, 2.24) is 18.8 Å². The summed E-state index contributed by atoms with van der Waals surface area (Å²) in [7, 11) is -1.92. The van der Waals surface area contributed by atoms with Crippen molar-refractivity contribution in [3.8, 4) is 0 Å². The number of nitrogens with two attached hydrogens (primary N) is 1. The zero-order chi connectivity index (χ0) is 24.5. The van der Waals surface area contributed by atoms with E-state index in [0.29, 0.717) is 30.9 Å². The maximum atomic E-state index is 12.9. The van der Waals surface area contributed by atoms with E-state index in [0.717, 1.165) is 25.2 Å². The summed E-state index contributed by atoms with van der Waals surface area (Å²) in [5.41, 5.74) is 6.03. The third-order valence-electron chi connectivity index (χ3n) is 6.68. The van der Waals surface area contributed by atoms with Gasteiger partial charge in [-0.15, -0.1) is 0 Å². The van der Waals surface area contributed by atoms with Crippen molar-refractivity contribution >= 4 is 33.3 Å². The number of piperidine rings is 2. The molecule has 184 valence electrons. The van der Waals surface area contributed by atoms with E-state index in [1.807, 2.05) is 11.0 Å². The normalized spacial score (nSPS) is 20.3. The quantitative estimate of drug-likeness (QED) is 0.612. The Bertz CT molecular complexity index is 1130. The standard InChI is InChI=1S/C22H31N7O4S/c1-15-25-20(14-27(15)2)34(32,33)29-10-7-16(8-11-29)22(31)26-18-5-6-19(24-12-18)28-9-3-4-17(13-28)21(23)30/h5-6,12,14,16-17H,3-4,7-11,13H2,1-2H3,(H2,23,30)(H,26,31). The Morgan fingerprint density at radius 1 is 1.12 bits per heavy atom. The molecule has 2 saturated heterocycles. The molecule has 1 atom stereocenters. The molecule has 3 N–H and O–H groups in total. The van der Waals surface area contributed by atoms with Crippen LogP contribution in [-0.4, -0.2) is 65.3 Å². The molecule has 2 aliphatic heterocycles. The number of carbonyl (C=O) groups excluding carboxylic acids is 2. The van der Waals surface area contributed by atoms with Crippen molar-refractivity contribution in [3.63, 3.8) is 0 Å². The van der Waals surface area contributed by atoms with Crippen LogP contribution < -0.4 is 16.0 Å². The highest BCUT2D eigenvalue weighted by molar-refractivity contribution is 7.89. The lowest BCUT2D eigenvalue weighted by molar-refractivity contribution is -0.122. The zero-order valence-corrected chi connectivity index (χ0v) is 20.3. The van der Waals surface area contributed by atoms with Crippen LogP contribution in [0, 0.1) is 18.8 Å². The highest BCUT2D eigenvalue weighted by atomic mass is 32.2. The molecule has 2 fully saturated rings. The molecule has 1 unspecified atom stereocenters. The predicted molar refractivity (Wildman–Crippen MR) is 126 cm³/mol. The van der Waals surface area contributed by atoms with Crippen molar-refractivity contribution in [2.24, 2.45) is 24.6 Å². The lowest BCUT2D eigenvalue weighted by Gasteiger charge is -2.32. The van der Waals surface area contributed by atoms with Gasteiger partial charge in [0.25, 0.3) is 10.0 Å². The second-order valence-electron chi connectivity index (χ2n) is 9.00. The first-order valence-corrected chi connectivity index (χ1v) is 12.9. The Morgan fingerprint density at radius 2 is 1.85 bits per heavy atom. The van der Waals surface area contributed by atoms with Crippen LogP contribution in [0.5, 0.6) is 0 Å². The minimum Gasteiger partial charge on any atom is -0.369 e. The molecule has 11 nitrogen and oxygen atoms in total. The van der Waals surface area contributed by atoms with Crippen LogP contribution in [0.1, 0.15) is 31.5 Å². The fraction of sp³-hybridized carbons (Fsp3) is 0.545. The number of aryl methyl sites for hydroxylation is 2. The van der Waals surface area contributed by atoms with Crippen molar-refractivity contribution < 1.29 is 18.0 Å². The number of primary amides is 1. The molecule has 4 heterocycles. The van der Waals surface area contributed by atoms with E-state index >= 15 is 0 Å². The summed E-state index contributed by atoms with van der Waals surface area (Å²) in [6, 6.07) is 3.61. The molecule has 34 heavy (non-hydrogen) atoms. The molecule has 0 spiro atoms. The van der Waals surface area contributed by atoms with Crippen LogP contribution in [0.25, 0.3) is 0 Å². The number of aromatic nitrogens is 3. The molecule has 0 radical (unpaired) electrons. The van der Waals surface area contributed by atoms with E-state index in [1.165, 1.54) is 10.5 Å². The Morgan fingerprint density at radius 3 is 2.44 bits per heavy atom. The Balaban J connectivity index is 1.31. The second kappa shape index (κ2) is 9.71. The summed E-state index contributed by atoms with van der Waals surface area (Å²) in [6.45, 7) is 3.64. The number of hydrogen-bond acceptors (Lipinski definition) is 7. The molecule has 2 aromatic heterocycles. The molecule has 4 rings (SSSR count). The van der Waals surface area contributed by atoms with Gasteiger partial charge in [-0.1, -0.05) is 0 Å². The van der Waals surface area contributed by atoms with E-state index in [2.05, 4.69) is 15.3 Å². The lowest BCUT2D eigenvalue weighted by atomic mass is 9.97. The number of nitrogens with one attached hydrogen (secondary N) is 1. The van der Waals surface area contributed by atoms with Crippen LogP contribution >= 0.6 is 0 Å². The number of hydrogen-bond donors (Lipinski definition) is 2. The van der Waals surface area contributed by atoms with Gasteiger partial charge < -0.3 is 20.5 Å². The minimum absolute atomic E-state index is 0.0393. The smallest absolute Gasteiger partial charge is 0.262 e. The van der Waals surface area contributed by atoms with Crippen molar-refractivity contribution in [2.75, 3.05) is 36.4 Å². The maximum absolute atomic E-state index is 12.9. The first-order chi connectivity index (χ1) is 16.1. The summed E-state index contributed by atoms with van der Waals surface area (Å²) in [5, 5.41) is 2.93. The zero-order valence-electron chi connectivity index (χ0n) is 19.5. The average molecular weight is 490 g/mol. The molecule has 2 aliphatic rings. The van der Waals surface area contributed by atoms with Crippen LogP contribution in [0.3, 0.4) is 0 Å². The van der Waals surface area contributed by atoms with E-state index in [-0.39, 0.29) is 41.8 Å². The highest BCUT2D eigenvalue weighted by Gasteiger charge is 2.33. The fourth-order valence-electron chi connectivity index (χ4n) is 4.45. The minimum atomic E-state index is -3.67. The molecule has 2 amide bonds. The SMILES string of the molecule is Cc1nc(S(=O)(=O)N2CCC(C(=O)Nc3ccc(N4CCCC(C(N)=O)C4)nc3)CC2)cn1C. The average Bonchev–Trinajstić information content (AvgIpc) is 3.18. The van der Waals surface area contributed by atoms with Crippen LogP contribution in [-0.2, 0) is 26.7 Å². The van der Waals surface area contributed by atoms with Gasteiger partial charge in [-0.25, -0.2) is 18.4 Å². The summed E-state index contributed by atoms with van der Waals surface area (Å²) in [4.78, 5) is 34.9. The highest BCUT2D eigenvalue weighted by Crippen LogP contribution is 2.26. The third-order valence-corrected chi connectivity index (χ3v) is 8.45. The van der Waals surface area contributed by atoms with Gasteiger partial charge in [0.15, 0.2) is 5.03 Å². The van der Waals surface area contributed by atoms with Crippen LogP contribution in [0.2, 0.25) is 0 Å². The Labute approximate surface area is 199 Å². The van der Waals surface area contributed by atoms with Gasteiger partial charge in [0.05, 0.1) is 17.8 Å². The van der Waals surface area contributed by atoms with E-state index in [4.69, 9.17) is 5.73 Å². The summed E-state index contributed by atoms with van der Waals surface area (Å²) in [6.07, 6.45) is 5.65.